The van der Waals surface area contributed by atoms with E-state index in [1.54, 1.807) is 20.2 Å². The van der Waals surface area contributed by atoms with Crippen LogP contribution in [0.15, 0.2) is 12.4 Å². The maximum atomic E-state index is 11.5. The van der Waals surface area contributed by atoms with E-state index >= 15 is 0 Å². The first kappa shape index (κ1) is 13.2. The third-order valence-corrected chi connectivity index (χ3v) is 4.62. The Bertz CT molecular complexity index is 439. The van der Waals surface area contributed by atoms with E-state index in [1.165, 1.54) is 6.26 Å². The van der Waals surface area contributed by atoms with Crippen LogP contribution in [0.2, 0.25) is 0 Å². The highest BCUT2D eigenvalue weighted by molar-refractivity contribution is 7.91. The molecule has 92 valence electrons. The summed E-state index contributed by atoms with van der Waals surface area (Å²) in [5.41, 5.74) is 0. The number of aryl methyl sites for hydroxylation is 1. The normalized spacial score (nSPS) is 16.0. The SMILES string of the molecule is CNC(Cc1nccn1C)C(C)S(C)(=O)=O. The summed E-state index contributed by atoms with van der Waals surface area (Å²) < 4.78 is 24.9. The first-order valence-corrected chi connectivity index (χ1v) is 7.14. The Morgan fingerprint density at radius 3 is 2.56 bits per heavy atom. The molecule has 1 N–H and O–H groups in total. The van der Waals surface area contributed by atoms with Gasteiger partial charge in [-0.05, 0) is 14.0 Å². The van der Waals surface area contributed by atoms with Gasteiger partial charge in [0, 0.05) is 38.2 Å². The van der Waals surface area contributed by atoms with Crippen molar-refractivity contribution in [1.29, 1.82) is 0 Å². The van der Waals surface area contributed by atoms with Crippen LogP contribution in [-0.4, -0.2) is 42.6 Å². The summed E-state index contributed by atoms with van der Waals surface area (Å²) in [5, 5.41) is 2.62. The number of aromatic nitrogens is 2. The number of hydrogen-bond acceptors (Lipinski definition) is 4. The monoisotopic (exact) mass is 245 g/mol. The van der Waals surface area contributed by atoms with Gasteiger partial charge in [-0.2, -0.15) is 0 Å². The van der Waals surface area contributed by atoms with Crippen molar-refractivity contribution in [2.75, 3.05) is 13.3 Å². The van der Waals surface area contributed by atoms with E-state index in [1.807, 2.05) is 17.8 Å². The Morgan fingerprint density at radius 1 is 1.56 bits per heavy atom. The summed E-state index contributed by atoms with van der Waals surface area (Å²) in [6, 6.07) is -0.115. The van der Waals surface area contributed by atoms with Gasteiger partial charge in [0.25, 0.3) is 0 Å². The molecule has 1 aromatic rings. The largest absolute Gasteiger partial charge is 0.338 e. The van der Waals surface area contributed by atoms with Crippen molar-refractivity contribution in [1.82, 2.24) is 14.9 Å². The third kappa shape index (κ3) is 3.05. The van der Waals surface area contributed by atoms with Crippen LogP contribution in [-0.2, 0) is 23.3 Å². The van der Waals surface area contributed by atoms with Gasteiger partial charge in [0.15, 0.2) is 9.84 Å². The molecule has 0 bridgehead atoms. The Labute approximate surface area is 96.8 Å². The fourth-order valence-electron chi connectivity index (χ4n) is 1.59. The predicted molar refractivity (Wildman–Crippen MR) is 64.1 cm³/mol. The molecule has 1 aromatic heterocycles. The van der Waals surface area contributed by atoms with E-state index in [9.17, 15) is 8.42 Å². The molecular weight excluding hydrogens is 226 g/mol. The molecule has 1 rings (SSSR count). The number of hydrogen-bond donors (Lipinski definition) is 1. The molecule has 0 saturated carbocycles. The second-order valence-electron chi connectivity index (χ2n) is 4.09. The zero-order valence-corrected chi connectivity index (χ0v) is 11.0. The van der Waals surface area contributed by atoms with E-state index in [-0.39, 0.29) is 6.04 Å². The van der Waals surface area contributed by atoms with Crippen LogP contribution < -0.4 is 5.32 Å². The van der Waals surface area contributed by atoms with Crippen LogP contribution >= 0.6 is 0 Å². The van der Waals surface area contributed by atoms with Gasteiger partial charge in [-0.1, -0.05) is 0 Å². The fourth-order valence-corrected chi connectivity index (χ4v) is 2.42. The highest BCUT2D eigenvalue weighted by Crippen LogP contribution is 2.09. The molecule has 0 aliphatic heterocycles. The van der Waals surface area contributed by atoms with Gasteiger partial charge in [-0.25, -0.2) is 13.4 Å². The second kappa shape index (κ2) is 4.97. The number of nitrogens with one attached hydrogen (secondary N) is 1. The highest BCUT2D eigenvalue weighted by Gasteiger charge is 2.25. The van der Waals surface area contributed by atoms with Crippen LogP contribution in [0.5, 0.6) is 0 Å². The minimum atomic E-state index is -3.03. The molecule has 0 fully saturated rings. The third-order valence-electron chi connectivity index (χ3n) is 2.94. The van der Waals surface area contributed by atoms with Gasteiger partial charge in [0.1, 0.15) is 5.82 Å². The summed E-state index contributed by atoms with van der Waals surface area (Å²) in [4.78, 5) is 4.20. The molecule has 0 spiro atoms. The van der Waals surface area contributed by atoms with Gasteiger partial charge in [-0.15, -0.1) is 0 Å². The van der Waals surface area contributed by atoms with Crippen LogP contribution in [0.25, 0.3) is 0 Å². The lowest BCUT2D eigenvalue weighted by Gasteiger charge is -2.21. The fraction of sp³-hybridized carbons (Fsp3) is 0.700. The van der Waals surface area contributed by atoms with Crippen LogP contribution in [0.3, 0.4) is 0 Å². The van der Waals surface area contributed by atoms with E-state index in [4.69, 9.17) is 0 Å². The molecule has 2 atom stereocenters. The van der Waals surface area contributed by atoms with Crippen molar-refractivity contribution in [2.24, 2.45) is 7.05 Å². The van der Waals surface area contributed by atoms with Crippen molar-refractivity contribution in [3.8, 4) is 0 Å². The lowest BCUT2D eigenvalue weighted by atomic mass is 10.1. The molecule has 0 aromatic carbocycles. The summed E-state index contributed by atoms with van der Waals surface area (Å²) in [7, 11) is 0.646. The Morgan fingerprint density at radius 2 is 2.19 bits per heavy atom. The van der Waals surface area contributed by atoms with Crippen LogP contribution in [0, 0.1) is 0 Å². The molecule has 0 amide bonds. The second-order valence-corrected chi connectivity index (χ2v) is 6.49. The number of imidazole rings is 1. The molecule has 6 heteroatoms. The standard InChI is InChI=1S/C10H19N3O2S/c1-8(16(4,14)15)9(11-2)7-10-12-5-6-13(10)3/h5-6,8-9,11H,7H2,1-4H3. The maximum absolute atomic E-state index is 11.5. The Hall–Kier alpha value is -0.880. The van der Waals surface area contributed by atoms with E-state index < -0.39 is 15.1 Å². The summed E-state index contributed by atoms with van der Waals surface area (Å²) in [6.45, 7) is 1.72. The van der Waals surface area contributed by atoms with E-state index in [2.05, 4.69) is 10.3 Å². The minimum Gasteiger partial charge on any atom is -0.338 e. The van der Waals surface area contributed by atoms with E-state index in [0.717, 1.165) is 5.82 Å². The molecular formula is C10H19N3O2S. The zero-order chi connectivity index (χ0) is 12.3. The molecule has 5 nitrogen and oxygen atoms in total. The van der Waals surface area contributed by atoms with Crippen molar-refractivity contribution in [2.45, 2.75) is 24.6 Å². The predicted octanol–water partition coefficient (Wildman–Crippen LogP) is -0.0163. The van der Waals surface area contributed by atoms with Crippen molar-refractivity contribution in [3.05, 3.63) is 18.2 Å². The number of likely N-dealkylation sites (N-methyl/N-ethyl adjacent to an activating group) is 1. The van der Waals surface area contributed by atoms with Gasteiger partial charge in [-0.3, -0.25) is 0 Å². The topological polar surface area (TPSA) is 64.0 Å². The van der Waals surface area contributed by atoms with Crippen LogP contribution in [0.1, 0.15) is 12.7 Å². The van der Waals surface area contributed by atoms with Crippen molar-refractivity contribution < 1.29 is 8.42 Å². The average Bonchev–Trinajstić information content (AvgIpc) is 2.58. The van der Waals surface area contributed by atoms with Crippen molar-refractivity contribution in [3.63, 3.8) is 0 Å². The molecule has 0 saturated heterocycles. The summed E-state index contributed by atoms with van der Waals surface area (Å²) in [5.74, 6) is 0.884. The smallest absolute Gasteiger partial charge is 0.151 e. The minimum absolute atomic E-state index is 0.115. The maximum Gasteiger partial charge on any atom is 0.151 e. The van der Waals surface area contributed by atoms with Crippen molar-refractivity contribution >= 4 is 9.84 Å². The highest BCUT2D eigenvalue weighted by atomic mass is 32.2. The average molecular weight is 245 g/mol. The van der Waals surface area contributed by atoms with Gasteiger partial charge >= 0.3 is 0 Å². The molecule has 1 heterocycles. The molecule has 2 unspecified atom stereocenters. The lowest BCUT2D eigenvalue weighted by Crippen LogP contribution is -2.42. The molecule has 0 radical (unpaired) electrons. The Balaban J connectivity index is 2.81. The molecule has 0 aliphatic carbocycles. The zero-order valence-electron chi connectivity index (χ0n) is 10.1. The molecule has 16 heavy (non-hydrogen) atoms. The van der Waals surface area contributed by atoms with Gasteiger partial charge in [0.2, 0.25) is 0 Å². The van der Waals surface area contributed by atoms with Gasteiger partial charge in [0.05, 0.1) is 5.25 Å². The number of sulfone groups is 1. The quantitative estimate of drug-likeness (QED) is 0.792. The van der Waals surface area contributed by atoms with Crippen LogP contribution in [0.4, 0.5) is 0 Å². The van der Waals surface area contributed by atoms with Gasteiger partial charge < -0.3 is 9.88 Å². The van der Waals surface area contributed by atoms with E-state index in [0.29, 0.717) is 6.42 Å². The summed E-state index contributed by atoms with van der Waals surface area (Å²) in [6.07, 6.45) is 5.44. The number of nitrogens with zero attached hydrogens (tertiary/aromatic N) is 2. The molecule has 0 aliphatic rings. The summed E-state index contributed by atoms with van der Waals surface area (Å²) >= 11 is 0. The number of rotatable bonds is 5. The lowest BCUT2D eigenvalue weighted by molar-refractivity contribution is 0.503. The first-order chi connectivity index (χ1) is 7.36. The first-order valence-electron chi connectivity index (χ1n) is 5.18. The Kier molecular flexibility index (Phi) is 4.09.